The highest BCUT2D eigenvalue weighted by Crippen LogP contribution is 2.69. The smallest absolute Gasteiger partial charge is 0.0998 e. The van der Waals surface area contributed by atoms with E-state index in [1.165, 1.54) is 72.4 Å². The van der Waals surface area contributed by atoms with Crippen LogP contribution in [0.5, 0.6) is 0 Å². The van der Waals surface area contributed by atoms with Crippen molar-refractivity contribution in [2.75, 3.05) is 0 Å². The average molecular weight is 594 g/mol. The van der Waals surface area contributed by atoms with E-state index in [2.05, 4.69) is 146 Å². The van der Waals surface area contributed by atoms with Crippen LogP contribution in [0.1, 0.15) is 50.1 Å². The van der Waals surface area contributed by atoms with Crippen molar-refractivity contribution in [3.8, 4) is 28.3 Å². The molecule has 1 heteroatoms. The van der Waals surface area contributed by atoms with Gasteiger partial charge in [-0.05, 0) is 95.6 Å². The third-order valence-electron chi connectivity index (χ3n) is 11.5. The molecule has 11 rings (SSSR count). The van der Waals surface area contributed by atoms with Gasteiger partial charge in [-0.2, -0.15) is 5.26 Å². The maximum Gasteiger partial charge on any atom is 0.0998 e. The quantitative estimate of drug-likeness (QED) is 0.186. The number of hydrogen-bond acceptors (Lipinski definition) is 1. The molecule has 0 saturated heterocycles. The van der Waals surface area contributed by atoms with Gasteiger partial charge >= 0.3 is 0 Å². The molecule has 0 unspecified atom stereocenters. The first kappa shape index (κ1) is 25.2. The third kappa shape index (κ3) is 2.83. The Labute approximate surface area is 274 Å². The minimum atomic E-state index is -0.526. The minimum Gasteiger partial charge on any atom is -0.192 e. The first-order valence-corrected chi connectivity index (χ1v) is 16.5. The van der Waals surface area contributed by atoms with E-state index in [9.17, 15) is 5.26 Å². The molecular weight excluding hydrogens is 567 g/mol. The highest BCUT2D eigenvalue weighted by atomic mass is 14.6. The number of fused-ring (bicyclic) bond motifs is 17. The Hall–Kier alpha value is -5.97. The fourth-order valence-electron chi connectivity index (χ4n) is 9.80. The molecule has 0 aromatic heterocycles. The second-order valence-corrected chi connectivity index (χ2v) is 13.4. The summed E-state index contributed by atoms with van der Waals surface area (Å²) in [6.07, 6.45) is 7.20. The van der Waals surface area contributed by atoms with Gasteiger partial charge in [-0.15, -0.1) is 0 Å². The normalized spacial score (nSPS) is 22.8. The Bertz CT molecular complexity index is 2500. The zero-order valence-electron chi connectivity index (χ0n) is 25.5. The second-order valence-electron chi connectivity index (χ2n) is 13.4. The molecule has 5 aliphatic carbocycles. The number of rotatable bonds is 1. The van der Waals surface area contributed by atoms with Crippen LogP contribution >= 0.6 is 0 Å². The van der Waals surface area contributed by atoms with Crippen LogP contribution in [0.2, 0.25) is 0 Å². The topological polar surface area (TPSA) is 23.8 Å². The SMILES string of the molecule is N#Cc1ccccc1-c1ccc2c(c1)C1(c3ccccc3-2)c2ccccc2C2(C3=C(C=C[C@@H]4C=C34)c3ccccc32)c2ccccc21. The standard InChI is InChI=1S/C46H27N/c47-27-30-11-1-2-12-31(30)29-21-23-34-32-13-3-5-15-37(32)45(43(34)26-29)39-17-7-9-19-41(39)46(42-20-10-8-18-40(42)45)38-16-6-4-14-33(38)35-24-22-28-25-36(28)44(35)46/h1-26,28H/t28-,45?,46?/m1/s1. The van der Waals surface area contributed by atoms with Crippen LogP contribution < -0.4 is 0 Å². The van der Waals surface area contributed by atoms with Crippen LogP contribution in [0.4, 0.5) is 0 Å². The van der Waals surface area contributed by atoms with Crippen LogP contribution in [0.3, 0.4) is 0 Å². The van der Waals surface area contributed by atoms with Crippen LogP contribution in [0, 0.1) is 17.2 Å². The Morgan fingerprint density at radius 1 is 0.489 bits per heavy atom. The third-order valence-corrected chi connectivity index (χ3v) is 11.5. The molecule has 0 bridgehead atoms. The molecular formula is C46H27N. The molecule has 0 amide bonds. The van der Waals surface area contributed by atoms with Gasteiger partial charge in [0, 0.05) is 5.92 Å². The zero-order chi connectivity index (χ0) is 30.9. The van der Waals surface area contributed by atoms with E-state index in [0.29, 0.717) is 11.5 Å². The summed E-state index contributed by atoms with van der Waals surface area (Å²) < 4.78 is 0. The molecule has 2 spiro atoms. The first-order valence-electron chi connectivity index (χ1n) is 16.5. The van der Waals surface area contributed by atoms with Gasteiger partial charge in [-0.25, -0.2) is 0 Å². The maximum absolute atomic E-state index is 10.1. The van der Waals surface area contributed by atoms with E-state index in [-0.39, 0.29) is 0 Å². The highest BCUT2D eigenvalue weighted by molar-refractivity contribution is 5.99. The van der Waals surface area contributed by atoms with Crippen LogP contribution in [-0.2, 0) is 10.8 Å². The molecule has 47 heavy (non-hydrogen) atoms. The lowest BCUT2D eigenvalue weighted by Gasteiger charge is -2.49. The van der Waals surface area contributed by atoms with Gasteiger partial charge < -0.3 is 0 Å². The van der Waals surface area contributed by atoms with Gasteiger partial charge in [-0.3, -0.25) is 0 Å². The van der Waals surface area contributed by atoms with Crippen molar-refractivity contribution in [2.24, 2.45) is 5.92 Å². The van der Waals surface area contributed by atoms with Crippen molar-refractivity contribution in [2.45, 2.75) is 10.8 Å². The van der Waals surface area contributed by atoms with E-state index in [1.807, 2.05) is 18.2 Å². The largest absolute Gasteiger partial charge is 0.192 e. The Morgan fingerprint density at radius 3 is 1.70 bits per heavy atom. The molecule has 5 aliphatic rings. The van der Waals surface area contributed by atoms with Gasteiger partial charge in [0.25, 0.3) is 0 Å². The summed E-state index contributed by atoms with van der Waals surface area (Å²) in [5.41, 5.74) is 19.4. The predicted octanol–water partition coefficient (Wildman–Crippen LogP) is 10.1. The van der Waals surface area contributed by atoms with E-state index in [1.54, 1.807) is 0 Å². The summed E-state index contributed by atoms with van der Waals surface area (Å²) in [6.45, 7) is 0. The lowest BCUT2D eigenvalue weighted by molar-refractivity contribution is 0.626. The van der Waals surface area contributed by atoms with Crippen LogP contribution in [-0.4, -0.2) is 0 Å². The van der Waals surface area contributed by atoms with Crippen molar-refractivity contribution in [3.05, 3.63) is 219 Å². The molecule has 0 heterocycles. The molecule has 0 N–H and O–H groups in total. The van der Waals surface area contributed by atoms with E-state index in [4.69, 9.17) is 0 Å². The van der Waals surface area contributed by atoms with Crippen LogP contribution in [0.15, 0.2) is 169 Å². The number of allylic oxidation sites excluding steroid dienone is 6. The summed E-state index contributed by atoms with van der Waals surface area (Å²) in [7, 11) is 0. The van der Waals surface area contributed by atoms with E-state index in [0.717, 1.165) is 11.1 Å². The fourth-order valence-corrected chi connectivity index (χ4v) is 9.80. The summed E-state index contributed by atoms with van der Waals surface area (Å²) in [6, 6.07) is 53.9. The van der Waals surface area contributed by atoms with Crippen molar-refractivity contribution >= 4 is 5.57 Å². The number of hydrogen-bond donors (Lipinski definition) is 0. The van der Waals surface area contributed by atoms with Gasteiger partial charge in [0.15, 0.2) is 0 Å². The molecule has 6 aromatic rings. The Morgan fingerprint density at radius 2 is 1.02 bits per heavy atom. The zero-order valence-corrected chi connectivity index (χ0v) is 25.5. The van der Waals surface area contributed by atoms with Gasteiger partial charge in [0.05, 0.1) is 22.5 Å². The van der Waals surface area contributed by atoms with Crippen molar-refractivity contribution < 1.29 is 0 Å². The predicted molar refractivity (Wildman–Crippen MR) is 188 cm³/mol. The van der Waals surface area contributed by atoms with Crippen molar-refractivity contribution in [1.82, 2.24) is 0 Å². The minimum absolute atomic E-state index is 0.418. The number of benzene rings is 6. The Kier molecular flexibility index (Phi) is 4.64. The first-order chi connectivity index (χ1) is 23.3. The highest BCUT2D eigenvalue weighted by Gasteiger charge is 2.61. The molecule has 1 nitrogen and oxygen atoms in total. The number of nitrogens with zero attached hydrogens (tertiary/aromatic N) is 1. The molecule has 0 aliphatic heterocycles. The molecule has 216 valence electrons. The molecule has 1 atom stereocenters. The fraction of sp³-hybridized carbons (Fsp3) is 0.0652. The maximum atomic E-state index is 10.1. The molecule has 6 aromatic carbocycles. The van der Waals surface area contributed by atoms with Crippen molar-refractivity contribution in [1.29, 1.82) is 5.26 Å². The average Bonchev–Trinajstić information content (AvgIpc) is 3.80. The summed E-state index contributed by atoms with van der Waals surface area (Å²) >= 11 is 0. The summed E-state index contributed by atoms with van der Waals surface area (Å²) in [4.78, 5) is 0. The van der Waals surface area contributed by atoms with Crippen LogP contribution in [0.25, 0.3) is 27.8 Å². The van der Waals surface area contributed by atoms with Crippen molar-refractivity contribution in [3.63, 3.8) is 0 Å². The molecule has 0 saturated carbocycles. The molecule has 0 fully saturated rings. The van der Waals surface area contributed by atoms with Gasteiger partial charge in [-0.1, -0.05) is 146 Å². The monoisotopic (exact) mass is 593 g/mol. The van der Waals surface area contributed by atoms with E-state index < -0.39 is 10.8 Å². The second kappa shape index (κ2) is 8.64. The summed E-state index contributed by atoms with van der Waals surface area (Å²) in [5, 5.41) is 10.1. The lowest BCUT2D eigenvalue weighted by atomic mass is 9.51. The number of nitriles is 1. The summed E-state index contributed by atoms with van der Waals surface area (Å²) in [5.74, 6) is 0.422. The molecule has 0 radical (unpaired) electrons. The van der Waals surface area contributed by atoms with E-state index >= 15 is 0 Å². The lowest BCUT2D eigenvalue weighted by Crippen LogP contribution is -2.44. The van der Waals surface area contributed by atoms with Gasteiger partial charge in [0.1, 0.15) is 0 Å². The Balaban J connectivity index is 1.31. The van der Waals surface area contributed by atoms with Gasteiger partial charge in [0.2, 0.25) is 0 Å².